The van der Waals surface area contributed by atoms with Crippen LogP contribution in [0.2, 0.25) is 0 Å². The summed E-state index contributed by atoms with van der Waals surface area (Å²) in [6, 6.07) is 26.3. The number of amides is 7. The summed E-state index contributed by atoms with van der Waals surface area (Å²) in [7, 11) is 2.96. The molecule has 5 aromatic rings. The van der Waals surface area contributed by atoms with Gasteiger partial charge in [0.05, 0.1) is 115 Å². The maximum Gasteiger partial charge on any atom is 0.416 e. The molecule has 1 aliphatic carbocycles. The summed E-state index contributed by atoms with van der Waals surface area (Å²) in [6.07, 6.45) is 1.63. The highest BCUT2D eigenvalue weighted by Gasteiger charge is 2.47. The maximum atomic E-state index is 14.3. The molecule has 2 saturated heterocycles. The van der Waals surface area contributed by atoms with Gasteiger partial charge in [0, 0.05) is 56.0 Å². The summed E-state index contributed by atoms with van der Waals surface area (Å²) in [5, 5.41) is 22.9. The smallest absolute Gasteiger partial charge is 0.416 e. The van der Waals surface area contributed by atoms with Gasteiger partial charge in [0.25, 0.3) is 11.8 Å². The molecule has 2 fully saturated rings. The van der Waals surface area contributed by atoms with E-state index in [-0.39, 0.29) is 106 Å². The van der Waals surface area contributed by atoms with Crippen LogP contribution in [-0.2, 0) is 49.4 Å². The number of fused-ring (bicyclic) bond motifs is 7. The van der Waals surface area contributed by atoms with Gasteiger partial charge < -0.3 is 83.5 Å². The number of anilines is 2. The number of hydrogen-bond donors (Lipinski definition) is 5. The number of methoxy groups -OCH3 is 2. The lowest BCUT2D eigenvalue weighted by atomic mass is 9.98. The fourth-order valence-corrected chi connectivity index (χ4v) is 12.6. The summed E-state index contributed by atoms with van der Waals surface area (Å²) in [6.45, 7) is 16.9. The van der Waals surface area contributed by atoms with Gasteiger partial charge in [-0.1, -0.05) is 98.8 Å². The first kappa shape index (κ1) is 73.8. The van der Waals surface area contributed by atoms with Crippen LogP contribution >= 0.6 is 0 Å². The molecule has 0 spiro atoms. The molecule has 101 heavy (non-hydrogen) atoms. The average molecular weight is 1390 g/mol. The fraction of sp³-hybridized carbons (Fsp3) is 0.440. The zero-order valence-electron chi connectivity index (χ0n) is 57.8. The van der Waals surface area contributed by atoms with Crippen molar-refractivity contribution in [2.75, 3.05) is 117 Å². The van der Waals surface area contributed by atoms with Crippen LogP contribution in [-0.4, -0.2) is 200 Å². The van der Waals surface area contributed by atoms with E-state index in [2.05, 4.69) is 63.7 Å². The minimum atomic E-state index is -1.53. The Hall–Kier alpha value is -9.86. The van der Waals surface area contributed by atoms with E-state index in [4.69, 9.17) is 47.4 Å². The van der Waals surface area contributed by atoms with Gasteiger partial charge >= 0.3 is 12.2 Å². The number of benzene rings is 5. The Morgan fingerprint density at radius 3 is 1.85 bits per heavy atom. The standard InChI is InChI=1S/C75H90N8O18/c1-46(2)68(80-67(84)23-27-94-29-31-96-33-34-97-32-30-95-28-24-76-74(90)100-45-59-55-17-11-9-15-53(55)54-16-10-12-18-56(54)59)70(86)78-49(5)69(85)79-51-21-19-50(20-22-51)44-101-75(91)83-61-40-66(64(93-7)38-58(61)72(88)82-43-48(4)36-62(82)73(83)89)99-26-14-8-13-25-98-65-39-60-57(37-63(65)92-6)71(87)81-42-47(3)35-52(81)41-77-60/h9-12,15-22,37-41,46,49,52,59,62,68,73,89H,3-4,8,13-14,23-36,42-45H2,1-2,5-7H3,(H,76,90)(H,78,86)(H,79,85)(H,80,84)/t49-,52-,62-,68-,73-/m0/s1. The lowest BCUT2D eigenvalue weighted by Crippen LogP contribution is -2.53. The van der Waals surface area contributed by atoms with E-state index in [1.165, 1.54) is 49.3 Å². The molecule has 5 N–H and O–H groups in total. The minimum absolute atomic E-state index is 0.0134. The third kappa shape index (κ3) is 18.8. The highest BCUT2D eigenvalue weighted by molar-refractivity contribution is 6.07. The number of aliphatic imine (C=N–C) groups is 1. The second-order valence-electron chi connectivity index (χ2n) is 25.5. The molecular weight excluding hydrogens is 1300 g/mol. The Bertz CT molecular complexity index is 3800. The van der Waals surface area contributed by atoms with Crippen molar-refractivity contribution in [2.45, 2.75) is 102 Å². The van der Waals surface area contributed by atoms with Crippen LogP contribution in [0.1, 0.15) is 103 Å². The number of nitrogens with one attached hydrogen (secondary N) is 4. The monoisotopic (exact) mass is 1390 g/mol. The molecular formula is C75H90N8O18. The van der Waals surface area contributed by atoms with Crippen LogP contribution in [0.5, 0.6) is 23.0 Å². The molecule has 4 aliphatic heterocycles. The zero-order chi connectivity index (χ0) is 71.5. The Morgan fingerprint density at radius 1 is 0.624 bits per heavy atom. The summed E-state index contributed by atoms with van der Waals surface area (Å²) < 4.78 is 57.3. The highest BCUT2D eigenvalue weighted by Crippen LogP contribution is 2.46. The number of ether oxygens (including phenoxy) is 10. The second kappa shape index (κ2) is 35.5. The van der Waals surface area contributed by atoms with Crippen molar-refractivity contribution in [2.24, 2.45) is 10.9 Å². The van der Waals surface area contributed by atoms with E-state index in [0.717, 1.165) is 21.6 Å². The van der Waals surface area contributed by atoms with E-state index in [1.807, 2.05) is 24.3 Å². The SMILES string of the molecule is C=C1C[C@H]2C=Nc3cc(OCCCCCOc4cc5c(cc4OC)C(=O)N4CC(=C)C[C@H]4[C@H](O)N5C(=O)OCc4ccc(NC(=O)[C@H](C)NC(=O)[C@@H](NC(=O)CCOCCOCCOCCOCCNC(=O)OCC5c6ccccc6-c6ccccc65)C(C)C)cc4)c(OC)cc3C(=O)N2C1. The normalized spacial score (nSPS) is 17.1. The number of aliphatic hydroxyl groups excluding tert-OH is 1. The van der Waals surface area contributed by atoms with Crippen molar-refractivity contribution >= 4 is 65.0 Å². The Balaban J connectivity index is 0.598. The number of hydrogen-bond acceptors (Lipinski definition) is 19. The molecule has 4 heterocycles. The molecule has 0 saturated carbocycles. The lowest BCUT2D eigenvalue weighted by molar-refractivity contribution is -0.132. The van der Waals surface area contributed by atoms with E-state index in [1.54, 1.807) is 61.4 Å². The summed E-state index contributed by atoms with van der Waals surface area (Å²) in [5.41, 5.74) is 8.31. The number of rotatable bonds is 35. The van der Waals surface area contributed by atoms with E-state index >= 15 is 0 Å². The van der Waals surface area contributed by atoms with Crippen LogP contribution in [0, 0.1) is 5.92 Å². The Morgan fingerprint density at radius 2 is 1.21 bits per heavy atom. The van der Waals surface area contributed by atoms with Crippen molar-refractivity contribution < 1.29 is 86.0 Å². The van der Waals surface area contributed by atoms with Crippen LogP contribution in [0.4, 0.5) is 26.7 Å². The van der Waals surface area contributed by atoms with E-state index in [9.17, 15) is 38.7 Å². The van der Waals surface area contributed by atoms with Crippen LogP contribution in [0.3, 0.4) is 0 Å². The van der Waals surface area contributed by atoms with Gasteiger partial charge in [-0.15, -0.1) is 0 Å². The van der Waals surface area contributed by atoms with Crippen molar-refractivity contribution in [3.63, 3.8) is 0 Å². The average Bonchev–Trinajstić information content (AvgIpc) is 1.63. The first-order chi connectivity index (χ1) is 48.9. The Kier molecular flexibility index (Phi) is 25.9. The number of nitrogens with zero attached hydrogens (tertiary/aromatic N) is 4. The van der Waals surface area contributed by atoms with Crippen LogP contribution in [0.25, 0.3) is 11.1 Å². The van der Waals surface area contributed by atoms with E-state index in [0.29, 0.717) is 118 Å². The van der Waals surface area contributed by atoms with Gasteiger partial charge in [-0.2, -0.15) is 0 Å². The second-order valence-corrected chi connectivity index (χ2v) is 25.5. The predicted octanol–water partition coefficient (Wildman–Crippen LogP) is 8.64. The largest absolute Gasteiger partial charge is 0.493 e. The number of unbranched alkanes of at least 4 members (excludes halogenated alkanes) is 2. The molecule has 26 nitrogen and oxygen atoms in total. The first-order valence-electron chi connectivity index (χ1n) is 34.1. The molecule has 26 heteroatoms. The van der Waals surface area contributed by atoms with Crippen molar-refractivity contribution in [3.8, 4) is 34.1 Å². The third-order valence-electron chi connectivity index (χ3n) is 17.9. The molecule has 0 aromatic heterocycles. The maximum absolute atomic E-state index is 14.3. The molecule has 0 unspecified atom stereocenters. The Labute approximate surface area is 587 Å². The van der Waals surface area contributed by atoms with Crippen molar-refractivity contribution in [3.05, 3.63) is 149 Å². The van der Waals surface area contributed by atoms with Gasteiger partial charge in [0.2, 0.25) is 17.7 Å². The molecule has 0 radical (unpaired) electrons. The number of alkyl carbamates (subject to hydrolysis) is 1. The molecule has 7 amide bonds. The fourth-order valence-electron chi connectivity index (χ4n) is 12.6. The van der Waals surface area contributed by atoms with Crippen LogP contribution < -0.4 is 45.1 Å². The van der Waals surface area contributed by atoms with E-state index < -0.39 is 60.2 Å². The minimum Gasteiger partial charge on any atom is -0.493 e. The quantitative estimate of drug-likeness (QED) is 0.0187. The third-order valence-corrected chi connectivity index (χ3v) is 17.9. The highest BCUT2D eigenvalue weighted by atomic mass is 16.6. The summed E-state index contributed by atoms with van der Waals surface area (Å²) >= 11 is 0. The molecule has 10 rings (SSSR count). The van der Waals surface area contributed by atoms with Crippen molar-refractivity contribution in [1.82, 2.24) is 25.8 Å². The topological polar surface area (TPSA) is 302 Å². The van der Waals surface area contributed by atoms with Crippen LogP contribution in [0.15, 0.2) is 126 Å². The summed E-state index contributed by atoms with van der Waals surface area (Å²) in [5.74, 6) is -1.03. The van der Waals surface area contributed by atoms with Gasteiger partial charge in [-0.25, -0.2) is 14.5 Å². The molecule has 538 valence electrons. The van der Waals surface area contributed by atoms with Crippen molar-refractivity contribution in [1.29, 1.82) is 0 Å². The van der Waals surface area contributed by atoms with Gasteiger partial charge in [-0.3, -0.25) is 29.0 Å². The summed E-state index contributed by atoms with van der Waals surface area (Å²) in [4.78, 5) is 103. The predicted molar refractivity (Wildman–Crippen MR) is 375 cm³/mol. The molecule has 5 aromatic carbocycles. The van der Waals surface area contributed by atoms with Gasteiger partial charge in [0.15, 0.2) is 29.2 Å². The van der Waals surface area contributed by atoms with Gasteiger partial charge in [-0.05, 0) is 97.0 Å². The lowest BCUT2D eigenvalue weighted by Gasteiger charge is -2.31. The number of aliphatic hydroxyl groups is 1. The number of carbonyl (C=O) groups excluding carboxylic acids is 7. The number of carbonyl (C=O) groups is 7. The molecule has 5 aliphatic rings. The molecule has 5 atom stereocenters. The van der Waals surface area contributed by atoms with Gasteiger partial charge in [0.1, 0.15) is 25.3 Å². The molecule has 0 bridgehead atoms. The first-order valence-corrected chi connectivity index (χ1v) is 34.1. The zero-order valence-corrected chi connectivity index (χ0v) is 57.8.